The van der Waals surface area contributed by atoms with Crippen LogP contribution >= 0.6 is 0 Å². The minimum atomic E-state index is 0.895. The predicted octanol–water partition coefficient (Wildman–Crippen LogP) is 11.5. The summed E-state index contributed by atoms with van der Waals surface area (Å²) < 4.78 is 6.29. The first-order chi connectivity index (χ1) is 20.8. The van der Waals surface area contributed by atoms with Crippen molar-refractivity contribution in [2.24, 2.45) is 0 Å². The van der Waals surface area contributed by atoms with Crippen LogP contribution in [0.1, 0.15) is 0 Å². The van der Waals surface area contributed by atoms with Gasteiger partial charge in [0.25, 0.3) is 0 Å². The molecule has 0 aliphatic rings. The molecule has 198 valence electrons. The molecule has 0 radical (unpaired) electrons. The third-order valence-electron chi connectivity index (χ3n) is 8.04. The molecule has 0 N–H and O–H groups in total. The lowest BCUT2D eigenvalue weighted by Gasteiger charge is -2.25. The molecule has 2 heteroatoms. The summed E-state index contributed by atoms with van der Waals surface area (Å²) in [6, 6.07) is 57.9. The van der Waals surface area contributed by atoms with Gasteiger partial charge in [-0.3, -0.25) is 0 Å². The average Bonchev–Trinajstić information content (AvgIpc) is 3.45. The van der Waals surface area contributed by atoms with Crippen LogP contribution in [-0.4, -0.2) is 0 Å². The fourth-order valence-corrected chi connectivity index (χ4v) is 6.01. The van der Waals surface area contributed by atoms with Crippen LogP contribution < -0.4 is 4.90 Å². The Morgan fingerprint density at radius 3 is 1.74 bits per heavy atom. The second-order valence-electron chi connectivity index (χ2n) is 10.6. The lowest BCUT2D eigenvalue weighted by Crippen LogP contribution is -2.09. The topological polar surface area (TPSA) is 16.4 Å². The zero-order valence-electron chi connectivity index (χ0n) is 22.9. The molecule has 42 heavy (non-hydrogen) atoms. The van der Waals surface area contributed by atoms with Crippen molar-refractivity contribution in [1.82, 2.24) is 0 Å². The van der Waals surface area contributed by atoms with E-state index in [4.69, 9.17) is 4.42 Å². The maximum absolute atomic E-state index is 6.29. The zero-order chi connectivity index (χ0) is 27.9. The molecule has 0 bridgehead atoms. The van der Waals surface area contributed by atoms with Crippen molar-refractivity contribution in [1.29, 1.82) is 0 Å². The summed E-state index contributed by atoms with van der Waals surface area (Å²) in [5.41, 5.74) is 9.93. The lowest BCUT2D eigenvalue weighted by molar-refractivity contribution is 0.669. The Bertz CT molecular complexity index is 2180. The molecular formula is C40H27NO. The van der Waals surface area contributed by atoms with Gasteiger partial charge in [0.2, 0.25) is 0 Å². The molecule has 0 saturated carbocycles. The predicted molar refractivity (Wildman–Crippen MR) is 177 cm³/mol. The number of hydrogen-bond acceptors (Lipinski definition) is 2. The molecule has 0 saturated heterocycles. The zero-order valence-corrected chi connectivity index (χ0v) is 22.9. The molecule has 7 aromatic carbocycles. The van der Waals surface area contributed by atoms with Gasteiger partial charge >= 0.3 is 0 Å². The molecule has 2 nitrogen and oxygen atoms in total. The van der Waals surface area contributed by atoms with E-state index in [0.717, 1.165) is 39.0 Å². The van der Waals surface area contributed by atoms with Gasteiger partial charge in [0.15, 0.2) is 0 Å². The van der Waals surface area contributed by atoms with Crippen LogP contribution in [-0.2, 0) is 0 Å². The Morgan fingerprint density at radius 1 is 0.357 bits per heavy atom. The van der Waals surface area contributed by atoms with Crippen LogP contribution in [0.4, 0.5) is 17.1 Å². The molecule has 8 aromatic rings. The second kappa shape index (κ2) is 10.1. The van der Waals surface area contributed by atoms with Gasteiger partial charge in [-0.25, -0.2) is 0 Å². The summed E-state index contributed by atoms with van der Waals surface area (Å²) in [6.07, 6.45) is 0. The quantitative estimate of drug-likeness (QED) is 0.217. The largest absolute Gasteiger partial charge is 0.456 e. The standard InChI is InChI=1S/C40H27NO/c1-3-10-28(11-4-1)31-13-9-14-32(26-31)29-18-21-34(22-19-29)41(33-15-5-2-6-16-33)35-23-25-38-37(27-35)40-36-17-8-7-12-30(36)20-24-39(40)42-38/h1-27H. The van der Waals surface area contributed by atoms with Crippen molar-refractivity contribution >= 4 is 49.8 Å². The number of benzene rings is 7. The van der Waals surface area contributed by atoms with Gasteiger partial charge in [0.05, 0.1) is 0 Å². The van der Waals surface area contributed by atoms with Crippen LogP contribution in [0, 0.1) is 0 Å². The fourth-order valence-electron chi connectivity index (χ4n) is 6.01. The minimum Gasteiger partial charge on any atom is -0.456 e. The van der Waals surface area contributed by atoms with Gasteiger partial charge < -0.3 is 9.32 Å². The first-order valence-corrected chi connectivity index (χ1v) is 14.3. The molecule has 1 aromatic heterocycles. The van der Waals surface area contributed by atoms with Crippen molar-refractivity contribution in [3.63, 3.8) is 0 Å². The lowest BCUT2D eigenvalue weighted by atomic mass is 9.99. The maximum Gasteiger partial charge on any atom is 0.136 e. The molecule has 0 spiro atoms. The van der Waals surface area contributed by atoms with Crippen LogP contribution in [0.5, 0.6) is 0 Å². The van der Waals surface area contributed by atoms with Crippen molar-refractivity contribution in [2.75, 3.05) is 4.90 Å². The summed E-state index contributed by atoms with van der Waals surface area (Å²) in [5.74, 6) is 0. The first kappa shape index (κ1) is 24.2. The molecule has 0 aliphatic carbocycles. The monoisotopic (exact) mass is 537 g/mol. The first-order valence-electron chi connectivity index (χ1n) is 14.3. The highest BCUT2D eigenvalue weighted by Gasteiger charge is 2.16. The molecule has 0 aliphatic heterocycles. The summed E-state index contributed by atoms with van der Waals surface area (Å²) in [7, 11) is 0. The third kappa shape index (κ3) is 4.22. The van der Waals surface area contributed by atoms with E-state index in [1.807, 2.05) is 0 Å². The van der Waals surface area contributed by atoms with Crippen molar-refractivity contribution in [2.45, 2.75) is 0 Å². The number of nitrogens with zero attached hydrogens (tertiary/aromatic N) is 1. The van der Waals surface area contributed by atoms with E-state index >= 15 is 0 Å². The number of hydrogen-bond donors (Lipinski definition) is 0. The number of para-hydroxylation sites is 1. The summed E-state index contributed by atoms with van der Waals surface area (Å²) in [6.45, 7) is 0. The van der Waals surface area contributed by atoms with E-state index in [-0.39, 0.29) is 0 Å². The molecule has 1 heterocycles. The number of fused-ring (bicyclic) bond motifs is 5. The molecule has 0 atom stereocenters. The van der Waals surface area contributed by atoms with Gasteiger partial charge in [-0.05, 0) is 87.6 Å². The minimum absolute atomic E-state index is 0.895. The Morgan fingerprint density at radius 2 is 0.952 bits per heavy atom. The molecule has 0 unspecified atom stereocenters. The van der Waals surface area contributed by atoms with E-state index in [2.05, 4.69) is 169 Å². The highest BCUT2D eigenvalue weighted by molar-refractivity contribution is 6.19. The highest BCUT2D eigenvalue weighted by Crippen LogP contribution is 2.41. The normalized spacial score (nSPS) is 11.3. The van der Waals surface area contributed by atoms with Gasteiger partial charge in [0, 0.05) is 27.8 Å². The maximum atomic E-state index is 6.29. The van der Waals surface area contributed by atoms with E-state index in [9.17, 15) is 0 Å². The van der Waals surface area contributed by atoms with Crippen molar-refractivity contribution in [3.8, 4) is 22.3 Å². The Hall–Kier alpha value is -5.60. The summed E-state index contributed by atoms with van der Waals surface area (Å²) in [5, 5.41) is 4.70. The molecule has 0 amide bonds. The van der Waals surface area contributed by atoms with E-state index in [1.165, 1.54) is 33.0 Å². The van der Waals surface area contributed by atoms with Crippen LogP contribution in [0.15, 0.2) is 168 Å². The number of anilines is 3. The van der Waals surface area contributed by atoms with E-state index in [1.54, 1.807) is 0 Å². The van der Waals surface area contributed by atoms with Gasteiger partial charge in [-0.1, -0.05) is 109 Å². The van der Waals surface area contributed by atoms with Crippen LogP contribution in [0.3, 0.4) is 0 Å². The summed E-state index contributed by atoms with van der Waals surface area (Å²) >= 11 is 0. The van der Waals surface area contributed by atoms with E-state index < -0.39 is 0 Å². The number of furan rings is 1. The third-order valence-corrected chi connectivity index (χ3v) is 8.04. The van der Waals surface area contributed by atoms with Crippen LogP contribution in [0.2, 0.25) is 0 Å². The van der Waals surface area contributed by atoms with E-state index in [0.29, 0.717) is 0 Å². The average molecular weight is 538 g/mol. The smallest absolute Gasteiger partial charge is 0.136 e. The second-order valence-corrected chi connectivity index (χ2v) is 10.6. The van der Waals surface area contributed by atoms with Gasteiger partial charge in [0.1, 0.15) is 11.2 Å². The molecular weight excluding hydrogens is 510 g/mol. The van der Waals surface area contributed by atoms with Crippen molar-refractivity contribution in [3.05, 3.63) is 164 Å². The Balaban J connectivity index is 1.24. The van der Waals surface area contributed by atoms with Crippen molar-refractivity contribution < 1.29 is 4.42 Å². The highest BCUT2D eigenvalue weighted by atomic mass is 16.3. The summed E-state index contributed by atoms with van der Waals surface area (Å²) in [4.78, 5) is 2.31. The fraction of sp³-hybridized carbons (Fsp3) is 0. The number of rotatable bonds is 5. The molecule has 0 fully saturated rings. The SMILES string of the molecule is c1ccc(-c2cccc(-c3ccc(N(c4ccccc4)c4ccc5oc6ccc7ccccc7c6c5c4)cc3)c2)cc1. The van der Waals surface area contributed by atoms with Crippen LogP contribution in [0.25, 0.3) is 55.0 Å². The van der Waals surface area contributed by atoms with Gasteiger partial charge in [-0.2, -0.15) is 0 Å². The Labute approximate surface area is 244 Å². The molecule has 8 rings (SSSR count). The van der Waals surface area contributed by atoms with Gasteiger partial charge in [-0.15, -0.1) is 0 Å². The Kier molecular flexibility index (Phi) is 5.82.